The lowest BCUT2D eigenvalue weighted by atomic mass is 9.96. The maximum Gasteiger partial charge on any atom is 0.220 e. The molecule has 3 heterocycles. The van der Waals surface area contributed by atoms with E-state index in [0.29, 0.717) is 12.8 Å². The number of aliphatic hydroxyl groups excluding tert-OH is 11. The first-order chi connectivity index (χ1) is 34.8. The number of nitrogens with one attached hydrogen (secondary N) is 1. The van der Waals surface area contributed by atoms with E-state index in [2.05, 4.69) is 19.2 Å². The normalized spacial score (nSPS) is 31.9. The highest BCUT2D eigenvalue weighted by Crippen LogP contribution is 2.33. The molecule has 0 spiro atoms. The summed E-state index contributed by atoms with van der Waals surface area (Å²) in [6, 6.07) is -0.878. The van der Waals surface area contributed by atoms with Crippen molar-refractivity contribution in [2.45, 2.75) is 304 Å². The Balaban J connectivity index is 1.51. The molecule has 19 nitrogen and oxygen atoms in total. The molecule has 0 aromatic carbocycles. The maximum atomic E-state index is 13.3. The predicted molar refractivity (Wildman–Crippen MR) is 268 cm³/mol. The van der Waals surface area contributed by atoms with E-state index in [0.717, 1.165) is 44.9 Å². The van der Waals surface area contributed by atoms with E-state index in [4.69, 9.17) is 28.4 Å². The van der Waals surface area contributed by atoms with Gasteiger partial charge in [0, 0.05) is 6.42 Å². The van der Waals surface area contributed by atoms with Crippen molar-refractivity contribution in [2.75, 3.05) is 26.4 Å². The van der Waals surface area contributed by atoms with Gasteiger partial charge in [-0.1, -0.05) is 181 Å². The molecule has 12 N–H and O–H groups in total. The Hall–Kier alpha value is -1.21. The van der Waals surface area contributed by atoms with Crippen LogP contribution in [0.1, 0.15) is 200 Å². The molecule has 17 atom stereocenters. The molecule has 0 bridgehead atoms. The fraction of sp³-hybridized carbons (Fsp3) is 0.981. The van der Waals surface area contributed by atoms with Crippen LogP contribution >= 0.6 is 0 Å². The van der Waals surface area contributed by atoms with Gasteiger partial charge in [0.05, 0.1) is 38.6 Å². The second kappa shape index (κ2) is 38.4. The highest BCUT2D eigenvalue weighted by Gasteiger charge is 2.53. The molecule has 3 aliphatic rings. The largest absolute Gasteiger partial charge is 0.394 e. The van der Waals surface area contributed by atoms with Crippen molar-refractivity contribution in [3.05, 3.63) is 0 Å². The number of aliphatic hydroxyl groups is 11. The molecule has 0 aliphatic carbocycles. The van der Waals surface area contributed by atoms with Crippen LogP contribution < -0.4 is 5.32 Å². The second-order valence-corrected chi connectivity index (χ2v) is 20.8. The Labute approximate surface area is 430 Å². The first-order valence-corrected chi connectivity index (χ1v) is 28.3. The van der Waals surface area contributed by atoms with Gasteiger partial charge in [0.15, 0.2) is 18.9 Å². The van der Waals surface area contributed by atoms with Crippen molar-refractivity contribution in [1.82, 2.24) is 5.32 Å². The van der Waals surface area contributed by atoms with Crippen molar-refractivity contribution in [3.8, 4) is 0 Å². The number of carbonyl (C=O) groups is 1. The van der Waals surface area contributed by atoms with Crippen LogP contribution in [0.15, 0.2) is 0 Å². The van der Waals surface area contributed by atoms with Crippen LogP contribution in [0.5, 0.6) is 0 Å². The molecule has 1 amide bonds. The van der Waals surface area contributed by atoms with Gasteiger partial charge in [0.1, 0.15) is 73.2 Å². The van der Waals surface area contributed by atoms with Crippen molar-refractivity contribution < 1.29 is 89.4 Å². The lowest BCUT2D eigenvalue weighted by molar-refractivity contribution is -0.379. The summed E-state index contributed by atoms with van der Waals surface area (Å²) < 4.78 is 34.2. The molecular weight excluding hydrogens is 939 g/mol. The molecule has 19 heteroatoms. The van der Waals surface area contributed by atoms with E-state index in [1.54, 1.807) is 0 Å². The zero-order valence-corrected chi connectivity index (χ0v) is 43.9. The van der Waals surface area contributed by atoms with Gasteiger partial charge in [-0.2, -0.15) is 0 Å². The number of hydrogen-bond donors (Lipinski definition) is 12. The number of unbranched alkanes of at least 4 members (excludes halogenated alkanes) is 25. The average Bonchev–Trinajstić information content (AvgIpc) is 3.37. The summed E-state index contributed by atoms with van der Waals surface area (Å²) in [5.41, 5.74) is 0. The second-order valence-electron chi connectivity index (χ2n) is 20.8. The van der Waals surface area contributed by atoms with Gasteiger partial charge in [-0.3, -0.25) is 4.79 Å². The zero-order valence-electron chi connectivity index (χ0n) is 43.9. The third-order valence-electron chi connectivity index (χ3n) is 14.7. The Morgan fingerprint density at radius 2 is 0.792 bits per heavy atom. The summed E-state index contributed by atoms with van der Waals surface area (Å²) in [7, 11) is 0. The Bertz CT molecular complexity index is 1340. The fourth-order valence-electron chi connectivity index (χ4n) is 9.96. The summed E-state index contributed by atoms with van der Waals surface area (Å²) in [6.45, 7) is 1.77. The van der Waals surface area contributed by atoms with E-state index in [9.17, 15) is 61.0 Å². The van der Waals surface area contributed by atoms with Gasteiger partial charge in [-0.05, 0) is 12.8 Å². The third-order valence-corrected chi connectivity index (χ3v) is 14.7. The molecule has 3 aliphatic heterocycles. The van der Waals surface area contributed by atoms with Crippen molar-refractivity contribution in [2.24, 2.45) is 0 Å². The van der Waals surface area contributed by atoms with Crippen molar-refractivity contribution in [3.63, 3.8) is 0 Å². The molecular formula is C53H101NO18. The van der Waals surface area contributed by atoms with Crippen LogP contribution in [0.2, 0.25) is 0 Å². The quantitative estimate of drug-likeness (QED) is 0.0389. The Morgan fingerprint density at radius 3 is 1.21 bits per heavy atom. The lowest BCUT2D eigenvalue weighted by Crippen LogP contribution is -2.66. The van der Waals surface area contributed by atoms with E-state index in [1.807, 2.05) is 0 Å². The monoisotopic (exact) mass is 1040 g/mol. The number of rotatable bonds is 41. The van der Waals surface area contributed by atoms with Gasteiger partial charge in [-0.15, -0.1) is 0 Å². The van der Waals surface area contributed by atoms with Gasteiger partial charge < -0.3 is 89.9 Å². The third kappa shape index (κ3) is 23.2. The smallest absolute Gasteiger partial charge is 0.220 e. The van der Waals surface area contributed by atoms with Crippen LogP contribution in [0.3, 0.4) is 0 Å². The molecule has 426 valence electrons. The van der Waals surface area contributed by atoms with Crippen molar-refractivity contribution in [1.29, 1.82) is 0 Å². The molecule has 72 heavy (non-hydrogen) atoms. The van der Waals surface area contributed by atoms with E-state index < -0.39 is 124 Å². The molecule has 3 fully saturated rings. The minimum Gasteiger partial charge on any atom is -0.394 e. The van der Waals surface area contributed by atoms with Gasteiger partial charge >= 0.3 is 0 Å². The zero-order chi connectivity index (χ0) is 52.7. The standard InChI is InChI=1S/C53H101NO18/c1-3-5-7-9-11-13-15-16-17-18-19-21-23-25-27-29-31-41(59)54-36(37(58)30-28-26-24-22-20-14-12-10-8-6-4-2)35-67-51-47(65)44(62)49(39(33-56)69-51)72-53-48(66)45(63)50(40(34-57)70-53)71-52-46(64)43(61)42(60)38(32-55)68-52/h36-40,42-53,55-58,60-66H,3-35H2,1-2H3,(H,54,59). The number of ether oxygens (including phenoxy) is 6. The fourth-order valence-corrected chi connectivity index (χ4v) is 9.96. The summed E-state index contributed by atoms with van der Waals surface area (Å²) >= 11 is 0. The van der Waals surface area contributed by atoms with Crippen molar-refractivity contribution >= 4 is 5.91 Å². The maximum absolute atomic E-state index is 13.3. The number of hydrogen-bond acceptors (Lipinski definition) is 18. The van der Waals surface area contributed by atoms with Crippen LogP contribution in [0, 0.1) is 0 Å². The lowest BCUT2D eigenvalue weighted by Gasteiger charge is -2.48. The minimum absolute atomic E-state index is 0.242. The Kier molecular flexibility index (Phi) is 34.7. The van der Waals surface area contributed by atoms with E-state index >= 15 is 0 Å². The topological polar surface area (TPSA) is 307 Å². The molecule has 3 rings (SSSR count). The number of amides is 1. The molecule has 0 saturated carbocycles. The van der Waals surface area contributed by atoms with Crippen LogP contribution in [0.4, 0.5) is 0 Å². The van der Waals surface area contributed by atoms with E-state index in [1.165, 1.54) is 122 Å². The number of carbonyl (C=O) groups excluding carboxylic acids is 1. The van der Waals surface area contributed by atoms with Gasteiger partial charge in [0.2, 0.25) is 5.91 Å². The Morgan fingerprint density at radius 1 is 0.444 bits per heavy atom. The van der Waals surface area contributed by atoms with Crippen LogP contribution in [-0.4, -0.2) is 193 Å². The summed E-state index contributed by atoms with van der Waals surface area (Å²) in [4.78, 5) is 13.3. The molecule has 0 radical (unpaired) electrons. The predicted octanol–water partition coefficient (Wildman–Crippen LogP) is 3.65. The summed E-state index contributed by atoms with van der Waals surface area (Å²) in [5, 5.41) is 120. The molecule has 0 aromatic rings. The highest BCUT2D eigenvalue weighted by molar-refractivity contribution is 5.76. The first-order valence-electron chi connectivity index (χ1n) is 28.3. The SMILES string of the molecule is CCCCCCCCCCCCCCCCCCC(=O)NC(COC1OC(CO)C(OC2OC(CO)C(OC3OC(CO)C(O)C(O)C3O)C(O)C2O)C(O)C1O)C(O)CCCCCCCCCCCCC. The van der Waals surface area contributed by atoms with Gasteiger partial charge in [0.25, 0.3) is 0 Å². The molecule has 3 saturated heterocycles. The van der Waals surface area contributed by atoms with Gasteiger partial charge in [-0.25, -0.2) is 0 Å². The molecule has 0 aromatic heterocycles. The first kappa shape index (κ1) is 65.1. The summed E-state index contributed by atoms with van der Waals surface area (Å²) in [5.74, 6) is -0.242. The summed E-state index contributed by atoms with van der Waals surface area (Å²) in [6.07, 6.45) is 6.29. The average molecular weight is 1040 g/mol. The highest BCUT2D eigenvalue weighted by atomic mass is 16.8. The minimum atomic E-state index is -1.97. The molecule has 17 unspecified atom stereocenters. The van der Waals surface area contributed by atoms with Crippen LogP contribution in [0.25, 0.3) is 0 Å². The van der Waals surface area contributed by atoms with Crippen LogP contribution in [-0.2, 0) is 33.2 Å². The van der Waals surface area contributed by atoms with E-state index in [-0.39, 0.29) is 18.9 Å².